The van der Waals surface area contributed by atoms with Crippen molar-refractivity contribution < 1.29 is 0 Å². The smallest absolute Gasteiger partial charge is 0.0376 e. The second kappa shape index (κ2) is 5.76. The highest BCUT2D eigenvalue weighted by Gasteiger charge is 2.10. The van der Waals surface area contributed by atoms with Gasteiger partial charge in [-0.05, 0) is 48.5 Å². The molecule has 1 aromatic heterocycles. The van der Waals surface area contributed by atoms with Gasteiger partial charge >= 0.3 is 0 Å². The van der Waals surface area contributed by atoms with Crippen LogP contribution in [0.4, 0.5) is 5.69 Å². The third-order valence-corrected chi connectivity index (χ3v) is 4.59. The third kappa shape index (κ3) is 3.17. The van der Waals surface area contributed by atoms with Gasteiger partial charge in [-0.15, -0.1) is 11.3 Å². The second-order valence-electron chi connectivity index (χ2n) is 5.24. The summed E-state index contributed by atoms with van der Waals surface area (Å²) in [5.74, 6) is 0. The fourth-order valence-corrected chi connectivity index (χ4v) is 3.28. The molecule has 2 aromatic rings. The molecule has 0 saturated heterocycles. The zero-order valence-corrected chi connectivity index (χ0v) is 12.2. The molecule has 2 nitrogen and oxygen atoms in total. The van der Waals surface area contributed by atoms with E-state index in [4.69, 9.17) is 0 Å². The number of hydrogen-bond donors (Lipinski definition) is 1. The Bertz CT molecular complexity index is 534. The van der Waals surface area contributed by atoms with E-state index in [1.54, 1.807) is 0 Å². The fourth-order valence-electron chi connectivity index (χ4n) is 2.58. The summed E-state index contributed by atoms with van der Waals surface area (Å²) < 4.78 is 0. The van der Waals surface area contributed by atoms with Gasteiger partial charge in [0, 0.05) is 30.2 Å². The number of likely N-dealkylation sites (N-methyl/N-ethyl adjacent to an activating group) is 1. The van der Waals surface area contributed by atoms with E-state index >= 15 is 0 Å². The van der Waals surface area contributed by atoms with E-state index < -0.39 is 0 Å². The van der Waals surface area contributed by atoms with Gasteiger partial charge in [-0.1, -0.05) is 18.2 Å². The molecule has 1 aliphatic rings. The van der Waals surface area contributed by atoms with Crippen LogP contribution in [0.3, 0.4) is 0 Å². The molecular formula is C16H20N2S. The molecule has 1 aromatic carbocycles. The Morgan fingerprint density at radius 1 is 1.32 bits per heavy atom. The molecule has 0 radical (unpaired) electrons. The lowest BCUT2D eigenvalue weighted by molar-refractivity contribution is 0.332. The molecule has 2 heterocycles. The van der Waals surface area contributed by atoms with Crippen LogP contribution in [-0.2, 0) is 19.4 Å². The van der Waals surface area contributed by atoms with Crippen LogP contribution in [0.25, 0.3) is 0 Å². The van der Waals surface area contributed by atoms with Gasteiger partial charge in [0.15, 0.2) is 0 Å². The molecule has 0 aliphatic carbocycles. The predicted octanol–water partition coefficient (Wildman–Crippen LogP) is 3.39. The first-order valence-corrected chi connectivity index (χ1v) is 7.76. The number of hydrogen-bond acceptors (Lipinski definition) is 3. The molecule has 3 heteroatoms. The van der Waals surface area contributed by atoms with Crippen molar-refractivity contribution in [1.29, 1.82) is 0 Å². The maximum Gasteiger partial charge on any atom is 0.0376 e. The molecule has 1 N–H and O–H groups in total. The minimum Gasteiger partial charge on any atom is -0.384 e. The first-order chi connectivity index (χ1) is 9.31. The Balaban J connectivity index is 1.55. The third-order valence-electron chi connectivity index (χ3n) is 3.66. The van der Waals surface area contributed by atoms with E-state index in [1.165, 1.54) is 28.1 Å². The van der Waals surface area contributed by atoms with Crippen molar-refractivity contribution in [2.45, 2.75) is 19.4 Å². The van der Waals surface area contributed by atoms with Crippen LogP contribution in [0.1, 0.15) is 16.0 Å². The van der Waals surface area contributed by atoms with Crippen LogP contribution in [0.5, 0.6) is 0 Å². The number of nitrogens with zero attached hydrogens (tertiary/aromatic N) is 1. The van der Waals surface area contributed by atoms with Crippen molar-refractivity contribution in [3.63, 3.8) is 0 Å². The van der Waals surface area contributed by atoms with E-state index in [0.717, 1.165) is 26.1 Å². The SMILES string of the molecule is CN(CCc1cccs1)Cc1ccc2c(c1)NCC2. The summed E-state index contributed by atoms with van der Waals surface area (Å²) in [4.78, 5) is 3.87. The van der Waals surface area contributed by atoms with E-state index in [0.29, 0.717) is 0 Å². The van der Waals surface area contributed by atoms with Crippen LogP contribution in [-0.4, -0.2) is 25.0 Å². The molecule has 0 bridgehead atoms. The van der Waals surface area contributed by atoms with Crippen molar-refractivity contribution in [2.24, 2.45) is 0 Å². The van der Waals surface area contributed by atoms with Gasteiger partial charge in [-0.2, -0.15) is 0 Å². The minimum absolute atomic E-state index is 1.03. The highest BCUT2D eigenvalue weighted by atomic mass is 32.1. The topological polar surface area (TPSA) is 15.3 Å². The van der Waals surface area contributed by atoms with Gasteiger partial charge in [0.25, 0.3) is 0 Å². The van der Waals surface area contributed by atoms with Crippen molar-refractivity contribution in [1.82, 2.24) is 4.90 Å². The minimum atomic E-state index is 1.03. The zero-order valence-electron chi connectivity index (χ0n) is 11.4. The molecule has 19 heavy (non-hydrogen) atoms. The molecule has 0 saturated carbocycles. The van der Waals surface area contributed by atoms with Gasteiger partial charge in [0.2, 0.25) is 0 Å². The summed E-state index contributed by atoms with van der Waals surface area (Å²) in [6.07, 6.45) is 2.32. The lowest BCUT2D eigenvalue weighted by Crippen LogP contribution is -2.20. The van der Waals surface area contributed by atoms with Crippen LogP contribution < -0.4 is 5.32 Å². The molecule has 0 amide bonds. The Morgan fingerprint density at radius 3 is 3.11 bits per heavy atom. The van der Waals surface area contributed by atoms with E-state index in [1.807, 2.05) is 11.3 Å². The molecule has 0 fully saturated rings. The van der Waals surface area contributed by atoms with E-state index in [-0.39, 0.29) is 0 Å². The first kappa shape index (κ1) is 12.7. The number of rotatable bonds is 5. The van der Waals surface area contributed by atoms with Gasteiger partial charge < -0.3 is 10.2 Å². The standard InChI is InChI=1S/C16H20N2S/c1-18(9-7-15-3-2-10-19-15)12-13-4-5-14-6-8-17-16(14)11-13/h2-5,10-11,17H,6-9,12H2,1H3. The number of nitrogens with one attached hydrogen (secondary N) is 1. The lowest BCUT2D eigenvalue weighted by Gasteiger charge is -2.16. The molecule has 0 unspecified atom stereocenters. The summed E-state index contributed by atoms with van der Waals surface area (Å²) >= 11 is 1.85. The Labute approximate surface area is 119 Å². The highest BCUT2D eigenvalue weighted by molar-refractivity contribution is 7.09. The van der Waals surface area contributed by atoms with Crippen LogP contribution in [0.2, 0.25) is 0 Å². The van der Waals surface area contributed by atoms with E-state index in [9.17, 15) is 0 Å². The molecular weight excluding hydrogens is 252 g/mol. The van der Waals surface area contributed by atoms with E-state index in [2.05, 4.69) is 53.0 Å². The number of thiophene rings is 1. The molecule has 100 valence electrons. The van der Waals surface area contributed by atoms with Crippen molar-refractivity contribution in [2.75, 3.05) is 25.5 Å². The van der Waals surface area contributed by atoms with Crippen molar-refractivity contribution in [3.8, 4) is 0 Å². The highest BCUT2D eigenvalue weighted by Crippen LogP contribution is 2.23. The molecule has 3 rings (SSSR count). The molecule has 0 atom stereocenters. The van der Waals surface area contributed by atoms with Crippen LogP contribution >= 0.6 is 11.3 Å². The lowest BCUT2D eigenvalue weighted by atomic mass is 10.1. The maximum atomic E-state index is 3.45. The summed E-state index contributed by atoms with van der Waals surface area (Å²) in [5, 5.41) is 5.61. The van der Waals surface area contributed by atoms with Crippen molar-refractivity contribution >= 4 is 17.0 Å². The predicted molar refractivity (Wildman–Crippen MR) is 83.0 cm³/mol. The average Bonchev–Trinajstić information content (AvgIpc) is 3.07. The number of benzene rings is 1. The Hall–Kier alpha value is -1.32. The maximum absolute atomic E-state index is 3.45. The quantitative estimate of drug-likeness (QED) is 0.897. The second-order valence-corrected chi connectivity index (χ2v) is 6.27. The largest absolute Gasteiger partial charge is 0.384 e. The molecule has 0 spiro atoms. The summed E-state index contributed by atoms with van der Waals surface area (Å²) in [7, 11) is 2.20. The first-order valence-electron chi connectivity index (χ1n) is 6.88. The Kier molecular flexibility index (Phi) is 3.85. The fraction of sp³-hybridized carbons (Fsp3) is 0.375. The van der Waals surface area contributed by atoms with Crippen LogP contribution in [0, 0.1) is 0 Å². The average molecular weight is 272 g/mol. The molecule has 1 aliphatic heterocycles. The monoisotopic (exact) mass is 272 g/mol. The summed E-state index contributed by atoms with van der Waals surface area (Å²) in [6, 6.07) is 11.2. The van der Waals surface area contributed by atoms with Gasteiger partial charge in [-0.3, -0.25) is 0 Å². The summed E-state index contributed by atoms with van der Waals surface area (Å²) in [6.45, 7) is 3.23. The van der Waals surface area contributed by atoms with Crippen LogP contribution in [0.15, 0.2) is 35.7 Å². The summed E-state index contributed by atoms with van der Waals surface area (Å²) in [5.41, 5.74) is 4.20. The van der Waals surface area contributed by atoms with Crippen molar-refractivity contribution in [3.05, 3.63) is 51.7 Å². The number of fused-ring (bicyclic) bond motifs is 1. The van der Waals surface area contributed by atoms with Gasteiger partial charge in [0.05, 0.1) is 0 Å². The van der Waals surface area contributed by atoms with Gasteiger partial charge in [-0.25, -0.2) is 0 Å². The normalized spacial score (nSPS) is 13.6. The zero-order chi connectivity index (χ0) is 13.1. The number of anilines is 1. The Morgan fingerprint density at radius 2 is 2.26 bits per heavy atom. The van der Waals surface area contributed by atoms with Gasteiger partial charge in [0.1, 0.15) is 0 Å².